The first-order chi connectivity index (χ1) is 19.2. The molecule has 0 fully saturated rings. The number of carbonyl (C=O) groups is 1. The number of carboxylic acid groups (broad SMARTS) is 1. The molecule has 6 nitrogen and oxygen atoms in total. The Morgan fingerprint density at radius 2 is 1.57 bits per heavy atom. The van der Waals surface area contributed by atoms with Crippen molar-refractivity contribution in [1.82, 2.24) is 0 Å². The Labute approximate surface area is 232 Å². The van der Waals surface area contributed by atoms with Gasteiger partial charge in [-0.2, -0.15) is 8.78 Å². The van der Waals surface area contributed by atoms with E-state index in [2.05, 4.69) is 0 Å². The number of alkyl halides is 3. The van der Waals surface area contributed by atoms with E-state index in [1.54, 1.807) is 6.07 Å². The van der Waals surface area contributed by atoms with Gasteiger partial charge in [0, 0.05) is 16.9 Å². The lowest BCUT2D eigenvalue weighted by molar-refractivity contribution is -0.185. The minimum Gasteiger partial charge on any atom is -0.494 e. The summed E-state index contributed by atoms with van der Waals surface area (Å²) in [5.41, 5.74) is 14.4. The average molecular weight is 557 g/mol. The number of hydrogen-bond acceptors (Lipinski definition) is 5. The van der Waals surface area contributed by atoms with Crippen molar-refractivity contribution in [2.45, 2.75) is 51.1 Å². The number of aliphatic carboxylic acids is 1. The van der Waals surface area contributed by atoms with Crippen molar-refractivity contribution in [2.24, 2.45) is 0 Å². The van der Waals surface area contributed by atoms with Gasteiger partial charge in [0.15, 0.2) is 0 Å². The number of unbranched alkanes of at least 4 members (excludes halogenated alkanes) is 3. The molecule has 3 aromatic carbocycles. The van der Waals surface area contributed by atoms with Gasteiger partial charge in [-0.1, -0.05) is 24.6 Å². The van der Waals surface area contributed by atoms with Crippen molar-refractivity contribution in [3.05, 3.63) is 89.0 Å². The summed E-state index contributed by atoms with van der Waals surface area (Å²) in [6.45, 7) is -0.117. The molecule has 9 heteroatoms. The first-order valence-electron chi connectivity index (χ1n) is 13.2. The molecular weight excluding hydrogens is 521 g/mol. The second kappa shape index (κ2) is 14.9. The number of nitrogen functional groups attached to an aromatic ring is 2. The number of nitrogens with two attached hydrogens (primary N) is 2. The Hall–Kier alpha value is -4.14. The van der Waals surface area contributed by atoms with Crippen molar-refractivity contribution in [2.75, 3.05) is 24.7 Å². The lowest BCUT2D eigenvalue weighted by Crippen LogP contribution is -2.21. The number of ether oxygens (including phenoxy) is 2. The highest BCUT2D eigenvalue weighted by atomic mass is 19.3. The van der Waals surface area contributed by atoms with E-state index in [0.29, 0.717) is 55.0 Å². The number of halogens is 3. The number of carboxylic acids is 1. The second-order valence-corrected chi connectivity index (χ2v) is 9.45. The van der Waals surface area contributed by atoms with Crippen LogP contribution in [0, 0.1) is 0 Å². The van der Waals surface area contributed by atoms with Crippen LogP contribution in [-0.2, 0) is 17.3 Å². The number of benzene rings is 3. The predicted molar refractivity (Wildman–Crippen MR) is 151 cm³/mol. The lowest BCUT2D eigenvalue weighted by Gasteiger charge is -2.18. The van der Waals surface area contributed by atoms with Crippen molar-refractivity contribution >= 4 is 23.4 Å². The van der Waals surface area contributed by atoms with Crippen LogP contribution in [0.25, 0.3) is 6.08 Å². The average Bonchev–Trinajstić information content (AvgIpc) is 2.92. The van der Waals surface area contributed by atoms with Crippen molar-refractivity contribution < 1.29 is 32.5 Å². The first-order valence-corrected chi connectivity index (χ1v) is 13.2. The molecule has 0 aliphatic rings. The maximum atomic E-state index is 14.7. The zero-order chi connectivity index (χ0) is 29.0. The van der Waals surface area contributed by atoms with E-state index in [0.717, 1.165) is 24.8 Å². The van der Waals surface area contributed by atoms with Gasteiger partial charge in [-0.3, -0.25) is 4.39 Å². The topological polar surface area (TPSA) is 108 Å². The molecule has 0 aliphatic carbocycles. The Bertz CT molecular complexity index is 1260. The van der Waals surface area contributed by atoms with Gasteiger partial charge in [0.1, 0.15) is 11.5 Å². The van der Waals surface area contributed by atoms with Gasteiger partial charge in [0.2, 0.25) is 0 Å². The fourth-order valence-electron chi connectivity index (χ4n) is 4.06. The van der Waals surface area contributed by atoms with Crippen molar-refractivity contribution in [3.8, 4) is 11.5 Å². The maximum Gasteiger partial charge on any atom is 0.426 e. The summed E-state index contributed by atoms with van der Waals surface area (Å²) in [5, 5.41) is 9.61. The van der Waals surface area contributed by atoms with Gasteiger partial charge in [0.05, 0.1) is 18.8 Å². The standard InChI is InChI=1S/C31H35F3N2O4/c32-18-4-5-19-39-27-16-11-25(12-17-27)31(33,34)40-28-14-8-22(9-15-28)20-24(30(37)38)7-3-1-2-6-23-10-13-26(35)21-29(23)36/h8-17,20-21H,1-7,18-19,35-36H2,(H,37,38). The molecule has 0 radical (unpaired) electrons. The normalized spacial score (nSPS) is 11.8. The van der Waals surface area contributed by atoms with Crippen LogP contribution in [0.4, 0.5) is 24.5 Å². The van der Waals surface area contributed by atoms with Crippen LogP contribution in [0.3, 0.4) is 0 Å². The summed E-state index contributed by atoms with van der Waals surface area (Å²) in [6.07, 6.45) is 2.39. The molecule has 0 atom stereocenters. The summed E-state index contributed by atoms with van der Waals surface area (Å²) < 4.78 is 51.8. The number of anilines is 2. The summed E-state index contributed by atoms with van der Waals surface area (Å²) >= 11 is 0. The molecule has 0 aliphatic heterocycles. The van der Waals surface area contributed by atoms with E-state index in [4.69, 9.17) is 20.9 Å². The minimum absolute atomic E-state index is 0.0625. The zero-order valence-corrected chi connectivity index (χ0v) is 22.3. The van der Waals surface area contributed by atoms with Gasteiger partial charge >= 0.3 is 12.1 Å². The molecule has 3 rings (SSSR count). The number of hydrogen-bond donors (Lipinski definition) is 3. The molecule has 0 saturated heterocycles. The SMILES string of the molecule is Nc1ccc(CCCCCC(=Cc2ccc(OC(F)(F)c3ccc(OCCCCF)cc3)cc2)C(=O)O)c(N)c1. The molecule has 0 bridgehead atoms. The van der Waals surface area contributed by atoms with E-state index in [1.165, 1.54) is 54.6 Å². The summed E-state index contributed by atoms with van der Waals surface area (Å²) in [7, 11) is 0. The largest absolute Gasteiger partial charge is 0.494 e. The van der Waals surface area contributed by atoms with Gasteiger partial charge < -0.3 is 26.0 Å². The van der Waals surface area contributed by atoms with Crippen LogP contribution in [0.1, 0.15) is 55.2 Å². The Kier molecular flexibility index (Phi) is 11.3. The highest BCUT2D eigenvalue weighted by Crippen LogP contribution is 2.33. The van der Waals surface area contributed by atoms with E-state index in [1.807, 2.05) is 12.1 Å². The smallest absolute Gasteiger partial charge is 0.426 e. The summed E-state index contributed by atoms with van der Waals surface area (Å²) in [6, 6.07) is 16.5. The van der Waals surface area contributed by atoms with Crippen LogP contribution in [-0.4, -0.2) is 24.4 Å². The summed E-state index contributed by atoms with van der Waals surface area (Å²) in [5.74, 6) is -0.674. The van der Waals surface area contributed by atoms with E-state index < -0.39 is 18.8 Å². The van der Waals surface area contributed by atoms with Crippen LogP contribution >= 0.6 is 0 Å². The lowest BCUT2D eigenvalue weighted by atomic mass is 10.0. The fourth-order valence-corrected chi connectivity index (χ4v) is 4.06. The highest BCUT2D eigenvalue weighted by molar-refractivity contribution is 5.92. The number of rotatable bonds is 16. The van der Waals surface area contributed by atoms with Crippen LogP contribution in [0.5, 0.6) is 11.5 Å². The minimum atomic E-state index is -3.59. The molecule has 0 aromatic heterocycles. The van der Waals surface area contributed by atoms with Gasteiger partial charge in [-0.05, 0) is 104 Å². The van der Waals surface area contributed by atoms with Gasteiger partial charge in [-0.15, -0.1) is 0 Å². The van der Waals surface area contributed by atoms with E-state index >= 15 is 0 Å². The molecule has 0 heterocycles. The van der Waals surface area contributed by atoms with Crippen LogP contribution in [0.15, 0.2) is 72.3 Å². The molecule has 0 amide bonds. The Morgan fingerprint density at radius 3 is 2.23 bits per heavy atom. The monoisotopic (exact) mass is 556 g/mol. The molecule has 0 spiro atoms. The highest BCUT2D eigenvalue weighted by Gasteiger charge is 2.34. The third kappa shape index (κ3) is 9.55. The Morgan fingerprint density at radius 1 is 0.875 bits per heavy atom. The molecule has 5 N–H and O–H groups in total. The summed E-state index contributed by atoms with van der Waals surface area (Å²) in [4.78, 5) is 11.7. The van der Waals surface area contributed by atoms with Gasteiger partial charge in [-0.25, -0.2) is 4.79 Å². The van der Waals surface area contributed by atoms with E-state index in [-0.39, 0.29) is 16.9 Å². The molecule has 3 aromatic rings. The maximum absolute atomic E-state index is 14.7. The van der Waals surface area contributed by atoms with Crippen molar-refractivity contribution in [1.29, 1.82) is 0 Å². The molecule has 0 unspecified atom stereocenters. The number of aryl methyl sites for hydroxylation is 1. The predicted octanol–water partition coefficient (Wildman–Crippen LogP) is 7.38. The molecule has 0 saturated carbocycles. The zero-order valence-electron chi connectivity index (χ0n) is 22.3. The molecular formula is C31H35F3N2O4. The second-order valence-electron chi connectivity index (χ2n) is 9.45. The van der Waals surface area contributed by atoms with Crippen molar-refractivity contribution in [3.63, 3.8) is 0 Å². The Balaban J connectivity index is 1.51. The third-order valence-electron chi connectivity index (χ3n) is 6.29. The molecule has 40 heavy (non-hydrogen) atoms. The third-order valence-corrected chi connectivity index (χ3v) is 6.29. The quantitative estimate of drug-likeness (QED) is 0.0965. The van der Waals surface area contributed by atoms with Gasteiger partial charge in [0.25, 0.3) is 0 Å². The van der Waals surface area contributed by atoms with E-state index in [9.17, 15) is 23.1 Å². The fraction of sp³-hybridized carbons (Fsp3) is 0.323. The first kappa shape index (κ1) is 30.4. The molecule has 214 valence electrons. The van der Waals surface area contributed by atoms with Crippen LogP contribution < -0.4 is 20.9 Å². The van der Waals surface area contributed by atoms with Crippen LogP contribution in [0.2, 0.25) is 0 Å².